The maximum absolute atomic E-state index is 12.3. The molecule has 0 unspecified atom stereocenters. The van der Waals surface area contributed by atoms with Crippen molar-refractivity contribution in [3.8, 4) is 17.1 Å². The largest absolute Gasteiger partial charge is 0.463 e. The molecule has 0 aliphatic rings. The molecule has 0 atom stereocenters. The van der Waals surface area contributed by atoms with Gasteiger partial charge in [0.25, 0.3) is 5.91 Å². The summed E-state index contributed by atoms with van der Waals surface area (Å²) in [7, 11) is 0. The number of hydroxylamine groups is 1. The Balaban J connectivity index is 2.06. The molecule has 23 heavy (non-hydrogen) atoms. The molecule has 0 aliphatic heterocycles. The van der Waals surface area contributed by atoms with Crippen LogP contribution in [0.5, 0.6) is 0 Å². The third kappa shape index (κ3) is 3.17. The number of nitrogens with one attached hydrogen (secondary N) is 1. The average Bonchev–Trinajstić information content (AvgIpc) is 3.21. The minimum Gasteiger partial charge on any atom is -0.463 e. The molecule has 3 aromatic rings. The number of benzene rings is 1. The van der Waals surface area contributed by atoms with Crippen molar-refractivity contribution in [1.29, 1.82) is 0 Å². The molecule has 0 spiro atoms. The first-order valence-corrected chi connectivity index (χ1v) is 7.32. The molecule has 0 saturated carbocycles. The molecule has 0 aliphatic carbocycles. The van der Waals surface area contributed by atoms with Gasteiger partial charge in [-0.15, -0.1) is 0 Å². The van der Waals surface area contributed by atoms with E-state index in [-0.39, 0.29) is 5.91 Å². The third-order valence-electron chi connectivity index (χ3n) is 3.27. The zero-order chi connectivity index (χ0) is 16.2. The average molecular weight is 311 g/mol. The Morgan fingerprint density at radius 1 is 1.30 bits per heavy atom. The Bertz CT molecular complexity index is 806. The van der Waals surface area contributed by atoms with Crippen molar-refractivity contribution in [3.05, 3.63) is 60.0 Å². The van der Waals surface area contributed by atoms with Crippen molar-refractivity contribution in [2.75, 3.05) is 6.61 Å². The Kier molecular flexibility index (Phi) is 4.25. The van der Waals surface area contributed by atoms with E-state index in [9.17, 15) is 4.79 Å². The highest BCUT2D eigenvalue weighted by atomic mass is 16.6. The van der Waals surface area contributed by atoms with Crippen LogP contribution in [0.2, 0.25) is 0 Å². The number of carbonyl (C=O) groups is 1. The zero-order valence-electron chi connectivity index (χ0n) is 12.9. The summed E-state index contributed by atoms with van der Waals surface area (Å²) in [6.45, 7) is 4.17. The SMILES string of the molecule is CCONC(=O)c1cc(-c2ccco2)nn1-c1cccc(C)c1. The molecule has 1 N–H and O–H groups in total. The molecule has 2 aromatic heterocycles. The summed E-state index contributed by atoms with van der Waals surface area (Å²) < 4.78 is 6.95. The maximum atomic E-state index is 12.3. The van der Waals surface area contributed by atoms with Crippen LogP contribution in [0.25, 0.3) is 17.1 Å². The van der Waals surface area contributed by atoms with E-state index in [1.165, 1.54) is 0 Å². The van der Waals surface area contributed by atoms with Crippen molar-refractivity contribution in [2.45, 2.75) is 13.8 Å². The standard InChI is InChI=1S/C17H17N3O3/c1-3-23-19-17(21)15-11-14(16-8-5-9-22-16)18-20(15)13-7-4-6-12(2)10-13/h4-11H,3H2,1-2H3,(H,19,21). The summed E-state index contributed by atoms with van der Waals surface area (Å²) in [4.78, 5) is 17.3. The number of hydrogen-bond acceptors (Lipinski definition) is 4. The zero-order valence-corrected chi connectivity index (χ0v) is 12.9. The summed E-state index contributed by atoms with van der Waals surface area (Å²) >= 11 is 0. The van der Waals surface area contributed by atoms with E-state index < -0.39 is 0 Å². The summed E-state index contributed by atoms with van der Waals surface area (Å²) in [5.74, 6) is 0.237. The second kappa shape index (κ2) is 6.50. The van der Waals surface area contributed by atoms with E-state index in [2.05, 4.69) is 10.6 Å². The number of hydrogen-bond donors (Lipinski definition) is 1. The number of carbonyl (C=O) groups excluding carboxylic acids is 1. The van der Waals surface area contributed by atoms with Crippen molar-refractivity contribution in [1.82, 2.24) is 15.3 Å². The Morgan fingerprint density at radius 2 is 2.17 bits per heavy atom. The predicted octanol–water partition coefficient (Wildman–Crippen LogP) is 3.12. The van der Waals surface area contributed by atoms with Crippen LogP contribution in [-0.4, -0.2) is 22.3 Å². The third-order valence-corrected chi connectivity index (χ3v) is 3.27. The van der Waals surface area contributed by atoms with Gasteiger partial charge < -0.3 is 4.42 Å². The molecule has 1 aromatic carbocycles. The van der Waals surface area contributed by atoms with Gasteiger partial charge in [0.1, 0.15) is 11.4 Å². The number of rotatable bonds is 5. The molecular formula is C17H17N3O3. The maximum Gasteiger partial charge on any atom is 0.293 e. The minimum atomic E-state index is -0.362. The normalized spacial score (nSPS) is 10.7. The molecule has 0 fully saturated rings. The molecule has 6 heteroatoms. The van der Waals surface area contributed by atoms with Crippen molar-refractivity contribution < 1.29 is 14.0 Å². The number of aromatic nitrogens is 2. The fourth-order valence-electron chi connectivity index (χ4n) is 2.23. The van der Waals surface area contributed by atoms with E-state index in [0.29, 0.717) is 23.8 Å². The van der Waals surface area contributed by atoms with Gasteiger partial charge in [0.2, 0.25) is 0 Å². The number of nitrogens with zero attached hydrogens (tertiary/aromatic N) is 2. The lowest BCUT2D eigenvalue weighted by atomic mass is 10.2. The second-order valence-electron chi connectivity index (χ2n) is 5.01. The number of amides is 1. The fourth-order valence-corrected chi connectivity index (χ4v) is 2.23. The quantitative estimate of drug-likeness (QED) is 0.735. The monoisotopic (exact) mass is 311 g/mol. The topological polar surface area (TPSA) is 69.3 Å². The van der Waals surface area contributed by atoms with Crippen LogP contribution in [0.15, 0.2) is 53.1 Å². The molecule has 0 bridgehead atoms. The lowest BCUT2D eigenvalue weighted by Crippen LogP contribution is -2.26. The number of furan rings is 1. The van der Waals surface area contributed by atoms with Gasteiger partial charge in [-0.2, -0.15) is 5.10 Å². The Morgan fingerprint density at radius 3 is 2.87 bits per heavy atom. The summed E-state index contributed by atoms with van der Waals surface area (Å²) in [5, 5.41) is 4.50. The van der Waals surface area contributed by atoms with E-state index >= 15 is 0 Å². The smallest absolute Gasteiger partial charge is 0.293 e. The molecule has 1 amide bonds. The van der Waals surface area contributed by atoms with Crippen LogP contribution in [0.4, 0.5) is 0 Å². The van der Waals surface area contributed by atoms with Crippen molar-refractivity contribution in [3.63, 3.8) is 0 Å². The highest BCUT2D eigenvalue weighted by Gasteiger charge is 2.18. The van der Waals surface area contributed by atoms with Crippen LogP contribution >= 0.6 is 0 Å². The van der Waals surface area contributed by atoms with Crippen molar-refractivity contribution >= 4 is 5.91 Å². The van der Waals surface area contributed by atoms with Gasteiger partial charge in [-0.05, 0) is 43.7 Å². The van der Waals surface area contributed by atoms with Gasteiger partial charge in [-0.1, -0.05) is 12.1 Å². The lowest BCUT2D eigenvalue weighted by Gasteiger charge is -2.08. The van der Waals surface area contributed by atoms with Gasteiger partial charge >= 0.3 is 0 Å². The van der Waals surface area contributed by atoms with Gasteiger partial charge in [-0.3, -0.25) is 9.63 Å². The van der Waals surface area contributed by atoms with Crippen LogP contribution in [0.1, 0.15) is 23.0 Å². The molecule has 0 saturated heterocycles. The van der Waals surface area contributed by atoms with Crippen molar-refractivity contribution in [2.24, 2.45) is 0 Å². The van der Waals surface area contributed by atoms with E-state index in [1.807, 2.05) is 31.2 Å². The lowest BCUT2D eigenvalue weighted by molar-refractivity contribution is 0.0357. The fraction of sp³-hybridized carbons (Fsp3) is 0.176. The molecule has 2 heterocycles. The van der Waals surface area contributed by atoms with Crippen LogP contribution in [-0.2, 0) is 4.84 Å². The number of aryl methyl sites for hydroxylation is 1. The predicted molar refractivity (Wildman–Crippen MR) is 85.1 cm³/mol. The van der Waals surface area contributed by atoms with Crippen LogP contribution < -0.4 is 5.48 Å². The highest BCUT2D eigenvalue weighted by Crippen LogP contribution is 2.22. The summed E-state index contributed by atoms with van der Waals surface area (Å²) in [5.41, 5.74) is 5.23. The second-order valence-corrected chi connectivity index (χ2v) is 5.01. The van der Waals surface area contributed by atoms with Crippen LogP contribution in [0, 0.1) is 6.92 Å². The van der Waals surface area contributed by atoms with Gasteiger partial charge in [0.15, 0.2) is 5.76 Å². The molecule has 0 radical (unpaired) electrons. The van der Waals surface area contributed by atoms with Crippen LogP contribution in [0.3, 0.4) is 0 Å². The molecule has 3 rings (SSSR count). The Hall–Kier alpha value is -2.86. The summed E-state index contributed by atoms with van der Waals surface area (Å²) in [6, 6.07) is 13.0. The Labute approximate surface area is 133 Å². The van der Waals surface area contributed by atoms with E-state index in [0.717, 1.165) is 11.3 Å². The van der Waals surface area contributed by atoms with E-state index in [4.69, 9.17) is 9.25 Å². The summed E-state index contributed by atoms with van der Waals surface area (Å²) in [6.07, 6.45) is 1.57. The molecule has 6 nitrogen and oxygen atoms in total. The van der Waals surface area contributed by atoms with Gasteiger partial charge in [0, 0.05) is 6.07 Å². The first kappa shape index (κ1) is 15.1. The minimum absolute atomic E-state index is 0.362. The van der Waals surface area contributed by atoms with Gasteiger partial charge in [0.05, 0.1) is 18.6 Å². The first-order valence-electron chi connectivity index (χ1n) is 7.32. The highest BCUT2D eigenvalue weighted by molar-refractivity contribution is 5.93. The first-order chi connectivity index (χ1) is 11.2. The molecular weight excluding hydrogens is 294 g/mol. The van der Waals surface area contributed by atoms with Gasteiger partial charge in [-0.25, -0.2) is 10.2 Å². The molecule has 118 valence electrons. The van der Waals surface area contributed by atoms with E-state index in [1.54, 1.807) is 36.1 Å².